The maximum atomic E-state index is 13.0. The van der Waals surface area contributed by atoms with Crippen LogP contribution in [0.2, 0.25) is 0 Å². The third kappa shape index (κ3) is 3.19. The molecule has 2 nitrogen and oxygen atoms in total. The predicted octanol–water partition coefficient (Wildman–Crippen LogP) is 3.50. The Kier molecular flexibility index (Phi) is 3.67. The lowest BCUT2D eigenvalue weighted by molar-refractivity contribution is -0.0337. The van der Waals surface area contributed by atoms with Crippen LogP contribution in [-0.2, 0) is 4.74 Å². The normalized spacial score (nSPS) is 29.1. The van der Waals surface area contributed by atoms with Crippen LogP contribution in [0.25, 0.3) is 0 Å². The van der Waals surface area contributed by atoms with Crippen LogP contribution in [0.5, 0.6) is 0 Å². The molecule has 0 aromatic heterocycles. The van der Waals surface area contributed by atoms with Crippen LogP contribution in [0.4, 0.5) is 10.1 Å². The van der Waals surface area contributed by atoms with Gasteiger partial charge in [0.05, 0.1) is 12.2 Å². The summed E-state index contributed by atoms with van der Waals surface area (Å²) in [5.74, 6) is -0.179. The Bertz CT molecular complexity index is 384. The van der Waals surface area contributed by atoms with Crippen molar-refractivity contribution in [2.45, 2.75) is 51.9 Å². The highest BCUT2D eigenvalue weighted by molar-refractivity contribution is 5.51. The molecule has 1 aromatic carbocycles. The average Bonchev–Trinajstić information content (AvgIpc) is 2.21. The quantitative estimate of drug-likeness (QED) is 0.850. The molecule has 2 unspecified atom stereocenters. The first-order chi connectivity index (χ1) is 8.04. The second-order valence-corrected chi connectivity index (χ2v) is 5.03. The summed E-state index contributed by atoms with van der Waals surface area (Å²) in [5, 5.41) is 3.49. The van der Waals surface area contributed by atoms with Crippen molar-refractivity contribution in [3.05, 3.63) is 29.6 Å². The van der Waals surface area contributed by atoms with Gasteiger partial charge in [-0.25, -0.2) is 4.39 Å². The number of hydrogen-bond acceptors (Lipinski definition) is 2. The van der Waals surface area contributed by atoms with E-state index in [2.05, 4.69) is 19.2 Å². The van der Waals surface area contributed by atoms with Crippen LogP contribution in [0.3, 0.4) is 0 Å². The molecule has 0 spiro atoms. The average molecular weight is 237 g/mol. The van der Waals surface area contributed by atoms with E-state index in [1.54, 1.807) is 6.07 Å². The Labute approximate surface area is 102 Å². The van der Waals surface area contributed by atoms with Crippen molar-refractivity contribution in [1.29, 1.82) is 0 Å². The van der Waals surface area contributed by atoms with Crippen molar-refractivity contribution in [1.82, 2.24) is 0 Å². The number of ether oxygens (including phenoxy) is 1. The topological polar surface area (TPSA) is 21.3 Å². The molecular weight excluding hydrogens is 217 g/mol. The molecule has 1 saturated heterocycles. The fraction of sp³-hybridized carbons (Fsp3) is 0.571. The van der Waals surface area contributed by atoms with Gasteiger partial charge in [-0.15, -0.1) is 0 Å². The van der Waals surface area contributed by atoms with Gasteiger partial charge >= 0.3 is 0 Å². The first-order valence-corrected chi connectivity index (χ1v) is 6.22. The molecule has 0 aliphatic carbocycles. The molecule has 0 radical (unpaired) electrons. The molecule has 1 aliphatic rings. The number of rotatable bonds is 2. The minimum absolute atomic E-state index is 0.179. The predicted molar refractivity (Wildman–Crippen MR) is 67.8 cm³/mol. The Balaban J connectivity index is 2.04. The first kappa shape index (κ1) is 12.4. The summed E-state index contributed by atoms with van der Waals surface area (Å²) in [7, 11) is 0. The number of aryl methyl sites for hydroxylation is 1. The summed E-state index contributed by atoms with van der Waals surface area (Å²) >= 11 is 0. The van der Waals surface area contributed by atoms with Crippen molar-refractivity contribution < 1.29 is 9.13 Å². The largest absolute Gasteiger partial charge is 0.382 e. The smallest absolute Gasteiger partial charge is 0.123 e. The summed E-state index contributed by atoms with van der Waals surface area (Å²) in [6.45, 7) is 6.13. The molecule has 2 rings (SSSR count). The first-order valence-electron chi connectivity index (χ1n) is 6.22. The lowest BCUT2D eigenvalue weighted by Crippen LogP contribution is -2.37. The van der Waals surface area contributed by atoms with Crippen LogP contribution in [0.1, 0.15) is 32.3 Å². The zero-order chi connectivity index (χ0) is 12.4. The van der Waals surface area contributed by atoms with Crippen LogP contribution in [0, 0.1) is 12.7 Å². The summed E-state index contributed by atoms with van der Waals surface area (Å²) in [4.78, 5) is 0. The lowest BCUT2D eigenvalue weighted by Gasteiger charge is -2.33. The number of halogens is 1. The third-order valence-corrected chi connectivity index (χ3v) is 3.25. The fourth-order valence-corrected chi connectivity index (χ4v) is 2.53. The number of anilines is 1. The van der Waals surface area contributed by atoms with Gasteiger partial charge < -0.3 is 10.1 Å². The number of hydrogen-bond donors (Lipinski definition) is 1. The van der Waals surface area contributed by atoms with E-state index < -0.39 is 0 Å². The Morgan fingerprint density at radius 2 is 1.88 bits per heavy atom. The highest BCUT2D eigenvalue weighted by Crippen LogP contribution is 2.24. The van der Waals surface area contributed by atoms with Crippen LogP contribution in [0.15, 0.2) is 18.2 Å². The molecule has 1 heterocycles. The third-order valence-electron chi connectivity index (χ3n) is 3.25. The van der Waals surface area contributed by atoms with E-state index in [4.69, 9.17) is 4.74 Å². The van der Waals surface area contributed by atoms with Gasteiger partial charge in [-0.3, -0.25) is 0 Å². The SMILES string of the molecule is Cc1cc(F)ccc1NC1CC(C)OC(C)C1. The van der Waals surface area contributed by atoms with Gasteiger partial charge in [-0.2, -0.15) is 0 Å². The summed E-state index contributed by atoms with van der Waals surface area (Å²) in [6.07, 6.45) is 2.58. The van der Waals surface area contributed by atoms with Crippen LogP contribution < -0.4 is 5.32 Å². The van der Waals surface area contributed by atoms with E-state index in [-0.39, 0.29) is 18.0 Å². The fourth-order valence-electron chi connectivity index (χ4n) is 2.53. The van der Waals surface area contributed by atoms with Crippen molar-refractivity contribution in [3.63, 3.8) is 0 Å². The molecule has 94 valence electrons. The van der Waals surface area contributed by atoms with Gasteiger partial charge in [-0.1, -0.05) is 0 Å². The van der Waals surface area contributed by atoms with Crippen molar-refractivity contribution in [2.75, 3.05) is 5.32 Å². The van der Waals surface area contributed by atoms with Crippen molar-refractivity contribution >= 4 is 5.69 Å². The van der Waals surface area contributed by atoms with E-state index in [0.29, 0.717) is 6.04 Å². The Morgan fingerprint density at radius 3 is 2.47 bits per heavy atom. The summed E-state index contributed by atoms with van der Waals surface area (Å²) in [6, 6.07) is 5.30. The van der Waals surface area contributed by atoms with E-state index in [1.165, 1.54) is 6.07 Å². The van der Waals surface area contributed by atoms with Crippen LogP contribution >= 0.6 is 0 Å². The summed E-state index contributed by atoms with van der Waals surface area (Å²) in [5.41, 5.74) is 1.98. The Hall–Kier alpha value is -1.09. The zero-order valence-corrected chi connectivity index (χ0v) is 10.7. The highest BCUT2D eigenvalue weighted by Gasteiger charge is 2.24. The molecular formula is C14H20FNO. The minimum Gasteiger partial charge on any atom is -0.382 e. The monoisotopic (exact) mass is 237 g/mol. The maximum absolute atomic E-state index is 13.0. The molecule has 0 bridgehead atoms. The van der Waals surface area contributed by atoms with E-state index in [1.807, 2.05) is 13.0 Å². The van der Waals surface area contributed by atoms with Gasteiger partial charge in [0, 0.05) is 11.7 Å². The summed E-state index contributed by atoms with van der Waals surface area (Å²) < 4.78 is 18.7. The molecule has 2 atom stereocenters. The molecule has 0 amide bonds. The molecule has 0 saturated carbocycles. The van der Waals surface area contributed by atoms with E-state index in [0.717, 1.165) is 24.1 Å². The zero-order valence-electron chi connectivity index (χ0n) is 10.7. The molecule has 1 aromatic rings. The molecule has 1 aliphatic heterocycles. The second kappa shape index (κ2) is 5.05. The number of nitrogens with one attached hydrogen (secondary N) is 1. The van der Waals surface area contributed by atoms with E-state index in [9.17, 15) is 4.39 Å². The lowest BCUT2D eigenvalue weighted by atomic mass is 9.99. The van der Waals surface area contributed by atoms with Crippen LogP contribution in [-0.4, -0.2) is 18.2 Å². The van der Waals surface area contributed by atoms with Crippen molar-refractivity contribution in [2.24, 2.45) is 0 Å². The highest BCUT2D eigenvalue weighted by atomic mass is 19.1. The van der Waals surface area contributed by atoms with Gasteiger partial charge in [-0.05, 0) is 57.4 Å². The van der Waals surface area contributed by atoms with Gasteiger partial charge in [0.2, 0.25) is 0 Å². The molecule has 1 fully saturated rings. The minimum atomic E-state index is -0.179. The second-order valence-electron chi connectivity index (χ2n) is 5.03. The molecule has 17 heavy (non-hydrogen) atoms. The maximum Gasteiger partial charge on any atom is 0.123 e. The van der Waals surface area contributed by atoms with Crippen molar-refractivity contribution in [3.8, 4) is 0 Å². The standard InChI is InChI=1S/C14H20FNO/c1-9-6-12(15)4-5-14(9)16-13-7-10(2)17-11(3)8-13/h4-6,10-11,13,16H,7-8H2,1-3H3. The van der Waals surface area contributed by atoms with Gasteiger partial charge in [0.15, 0.2) is 0 Å². The van der Waals surface area contributed by atoms with Gasteiger partial charge in [0.25, 0.3) is 0 Å². The Morgan fingerprint density at radius 1 is 1.24 bits per heavy atom. The number of benzene rings is 1. The molecule has 3 heteroatoms. The van der Waals surface area contributed by atoms with Gasteiger partial charge in [0.1, 0.15) is 5.82 Å². The van der Waals surface area contributed by atoms with E-state index >= 15 is 0 Å². The molecule has 1 N–H and O–H groups in total.